The second kappa shape index (κ2) is 6.78. The van der Waals surface area contributed by atoms with Crippen molar-refractivity contribution in [1.82, 2.24) is 0 Å². The number of hydrogen-bond acceptors (Lipinski definition) is 1. The zero-order chi connectivity index (χ0) is 15.4. The van der Waals surface area contributed by atoms with Crippen LogP contribution in [0.2, 0.25) is 0 Å². The van der Waals surface area contributed by atoms with Gasteiger partial charge >= 0.3 is 0 Å². The fourth-order valence-electron chi connectivity index (χ4n) is 3.39. The maximum atomic E-state index is 11.2. The first-order chi connectivity index (χ1) is 10.7. The van der Waals surface area contributed by atoms with Gasteiger partial charge in [0.25, 0.3) is 0 Å². The predicted molar refractivity (Wildman–Crippen MR) is 92.0 cm³/mol. The van der Waals surface area contributed by atoms with E-state index in [1.807, 2.05) is 18.2 Å². The number of nitrogens with one attached hydrogen (secondary N) is 1. The van der Waals surface area contributed by atoms with Gasteiger partial charge in [-0.25, -0.2) is 0 Å². The first-order valence-corrected chi connectivity index (χ1v) is 8.20. The summed E-state index contributed by atoms with van der Waals surface area (Å²) in [7, 11) is 0. The quantitative estimate of drug-likeness (QED) is 0.811. The summed E-state index contributed by atoms with van der Waals surface area (Å²) in [6.07, 6.45) is 6.72. The average molecular weight is 293 g/mol. The van der Waals surface area contributed by atoms with Gasteiger partial charge in [0.2, 0.25) is 5.91 Å². The van der Waals surface area contributed by atoms with Crippen molar-refractivity contribution in [3.05, 3.63) is 54.1 Å². The van der Waals surface area contributed by atoms with E-state index in [1.165, 1.54) is 50.2 Å². The number of rotatable bonds is 3. The molecule has 1 amide bonds. The summed E-state index contributed by atoms with van der Waals surface area (Å²) < 4.78 is 0. The Hall–Kier alpha value is -2.09. The van der Waals surface area contributed by atoms with Crippen molar-refractivity contribution < 1.29 is 4.79 Å². The Morgan fingerprint density at radius 3 is 2.36 bits per heavy atom. The molecule has 1 fully saturated rings. The molecule has 0 unspecified atom stereocenters. The highest BCUT2D eigenvalue weighted by molar-refractivity contribution is 5.89. The molecule has 2 heteroatoms. The highest BCUT2D eigenvalue weighted by Crippen LogP contribution is 2.34. The summed E-state index contributed by atoms with van der Waals surface area (Å²) in [4.78, 5) is 11.2. The van der Waals surface area contributed by atoms with Gasteiger partial charge in [-0.1, -0.05) is 55.7 Å². The lowest BCUT2D eigenvalue weighted by atomic mass is 9.83. The van der Waals surface area contributed by atoms with Gasteiger partial charge in [-0.15, -0.1) is 0 Å². The van der Waals surface area contributed by atoms with Gasteiger partial charge in [0.05, 0.1) is 0 Å². The summed E-state index contributed by atoms with van der Waals surface area (Å²) in [6.45, 7) is 1.54. The van der Waals surface area contributed by atoms with Crippen LogP contribution in [0.15, 0.2) is 48.5 Å². The fourth-order valence-corrected chi connectivity index (χ4v) is 3.39. The fraction of sp³-hybridized carbons (Fsp3) is 0.350. The third-order valence-electron chi connectivity index (χ3n) is 4.48. The largest absolute Gasteiger partial charge is 0.326 e. The van der Waals surface area contributed by atoms with Crippen LogP contribution in [-0.4, -0.2) is 5.91 Å². The molecule has 0 radical (unpaired) electrons. The standard InChI is InChI=1S/C20H23NO/c1-15(22)21-20-12-6-11-19(14-20)18-10-5-9-17(13-18)16-7-3-2-4-8-16/h5-6,9-14,16H,2-4,7-8H2,1H3,(H,21,22). The summed E-state index contributed by atoms with van der Waals surface area (Å²) in [5.74, 6) is 0.681. The number of benzene rings is 2. The van der Waals surface area contributed by atoms with E-state index in [2.05, 4.69) is 35.6 Å². The first-order valence-electron chi connectivity index (χ1n) is 8.20. The van der Waals surface area contributed by atoms with Crippen molar-refractivity contribution in [1.29, 1.82) is 0 Å². The second-order valence-electron chi connectivity index (χ2n) is 6.22. The van der Waals surface area contributed by atoms with Gasteiger partial charge in [0, 0.05) is 12.6 Å². The van der Waals surface area contributed by atoms with Crippen LogP contribution in [0.5, 0.6) is 0 Å². The maximum absolute atomic E-state index is 11.2. The van der Waals surface area contributed by atoms with E-state index in [4.69, 9.17) is 0 Å². The second-order valence-corrected chi connectivity index (χ2v) is 6.22. The molecule has 0 aromatic heterocycles. The number of amides is 1. The zero-order valence-electron chi connectivity index (χ0n) is 13.1. The molecule has 1 N–H and O–H groups in total. The lowest BCUT2D eigenvalue weighted by Crippen LogP contribution is -2.05. The van der Waals surface area contributed by atoms with Crippen molar-refractivity contribution in [2.75, 3.05) is 5.32 Å². The molecule has 2 aromatic carbocycles. The highest BCUT2D eigenvalue weighted by Gasteiger charge is 2.15. The predicted octanol–water partition coefficient (Wildman–Crippen LogP) is 5.36. The Kier molecular flexibility index (Phi) is 4.57. The normalized spacial score (nSPS) is 15.5. The number of carbonyl (C=O) groups excluding carboxylic acids is 1. The molecule has 22 heavy (non-hydrogen) atoms. The monoisotopic (exact) mass is 293 g/mol. The average Bonchev–Trinajstić information content (AvgIpc) is 2.55. The highest BCUT2D eigenvalue weighted by atomic mass is 16.1. The summed E-state index contributed by atoms with van der Waals surface area (Å²) in [5, 5.41) is 2.85. The molecule has 1 saturated carbocycles. The van der Waals surface area contributed by atoms with Crippen LogP contribution in [0.1, 0.15) is 50.5 Å². The lowest BCUT2D eigenvalue weighted by Gasteiger charge is -2.22. The number of carbonyl (C=O) groups is 1. The lowest BCUT2D eigenvalue weighted by molar-refractivity contribution is -0.114. The molecule has 0 saturated heterocycles. The molecule has 0 bridgehead atoms. The summed E-state index contributed by atoms with van der Waals surface area (Å²) in [5.41, 5.74) is 4.70. The zero-order valence-corrected chi connectivity index (χ0v) is 13.1. The van der Waals surface area contributed by atoms with Crippen molar-refractivity contribution in [3.8, 4) is 11.1 Å². The molecule has 0 heterocycles. The molecule has 2 aromatic rings. The molecule has 2 nitrogen and oxygen atoms in total. The molecule has 1 aliphatic carbocycles. The Labute approximate surface area is 132 Å². The van der Waals surface area contributed by atoms with E-state index < -0.39 is 0 Å². The van der Waals surface area contributed by atoms with E-state index in [0.29, 0.717) is 5.92 Å². The van der Waals surface area contributed by atoms with Crippen LogP contribution in [0.4, 0.5) is 5.69 Å². The van der Waals surface area contributed by atoms with E-state index in [0.717, 1.165) is 11.3 Å². The SMILES string of the molecule is CC(=O)Nc1cccc(-c2cccc(C3CCCCC3)c2)c1. The van der Waals surface area contributed by atoms with Crippen LogP contribution in [0.3, 0.4) is 0 Å². The van der Waals surface area contributed by atoms with E-state index in [1.54, 1.807) is 0 Å². The Morgan fingerprint density at radius 1 is 0.955 bits per heavy atom. The Bertz CT molecular complexity index is 656. The van der Waals surface area contributed by atoms with Gasteiger partial charge in [0.1, 0.15) is 0 Å². The van der Waals surface area contributed by atoms with Crippen LogP contribution >= 0.6 is 0 Å². The van der Waals surface area contributed by atoms with Gasteiger partial charge in [-0.05, 0) is 47.6 Å². The van der Waals surface area contributed by atoms with Crippen LogP contribution in [-0.2, 0) is 4.79 Å². The van der Waals surface area contributed by atoms with Gasteiger partial charge in [-0.3, -0.25) is 4.79 Å². The minimum Gasteiger partial charge on any atom is -0.326 e. The molecule has 114 valence electrons. The van der Waals surface area contributed by atoms with Gasteiger partial charge < -0.3 is 5.32 Å². The third-order valence-corrected chi connectivity index (χ3v) is 4.48. The smallest absolute Gasteiger partial charge is 0.221 e. The van der Waals surface area contributed by atoms with Crippen molar-refractivity contribution >= 4 is 11.6 Å². The van der Waals surface area contributed by atoms with Gasteiger partial charge in [-0.2, -0.15) is 0 Å². The van der Waals surface area contributed by atoms with Crippen molar-refractivity contribution in [3.63, 3.8) is 0 Å². The maximum Gasteiger partial charge on any atom is 0.221 e. The minimum absolute atomic E-state index is 0.0342. The first kappa shape index (κ1) is 14.8. The molecule has 1 aliphatic rings. The van der Waals surface area contributed by atoms with Crippen molar-refractivity contribution in [2.45, 2.75) is 44.9 Å². The minimum atomic E-state index is -0.0342. The number of hydrogen-bond donors (Lipinski definition) is 1. The van der Waals surface area contributed by atoms with Gasteiger partial charge in [0.15, 0.2) is 0 Å². The van der Waals surface area contributed by atoms with Crippen LogP contribution in [0.25, 0.3) is 11.1 Å². The summed E-state index contributed by atoms with van der Waals surface area (Å²) in [6, 6.07) is 17.0. The van der Waals surface area contributed by atoms with E-state index >= 15 is 0 Å². The van der Waals surface area contributed by atoms with E-state index in [-0.39, 0.29) is 5.91 Å². The Balaban J connectivity index is 1.86. The van der Waals surface area contributed by atoms with E-state index in [9.17, 15) is 4.79 Å². The third kappa shape index (κ3) is 3.56. The molecular weight excluding hydrogens is 270 g/mol. The molecule has 0 atom stereocenters. The molecule has 3 rings (SSSR count). The molecule has 0 spiro atoms. The topological polar surface area (TPSA) is 29.1 Å². The van der Waals surface area contributed by atoms with Crippen LogP contribution in [0, 0.1) is 0 Å². The Morgan fingerprint density at radius 2 is 1.64 bits per heavy atom. The molecular formula is C20H23NO. The van der Waals surface area contributed by atoms with Crippen molar-refractivity contribution in [2.24, 2.45) is 0 Å². The van der Waals surface area contributed by atoms with Crippen LogP contribution < -0.4 is 5.32 Å². The number of anilines is 1. The summed E-state index contributed by atoms with van der Waals surface area (Å²) >= 11 is 0. The molecule has 0 aliphatic heterocycles.